The lowest BCUT2D eigenvalue weighted by atomic mass is 10.0. The predicted octanol–water partition coefficient (Wildman–Crippen LogP) is 2.62. The second-order valence-electron chi connectivity index (χ2n) is 4.25. The van der Waals surface area contributed by atoms with Crippen molar-refractivity contribution >= 4 is 18.4 Å². The molecule has 3 heteroatoms. The third-order valence-corrected chi connectivity index (χ3v) is 3.76. The van der Waals surface area contributed by atoms with Gasteiger partial charge in [0.2, 0.25) is 0 Å². The van der Waals surface area contributed by atoms with E-state index in [-0.39, 0.29) is 0 Å². The van der Waals surface area contributed by atoms with E-state index in [0.717, 1.165) is 18.1 Å². The van der Waals surface area contributed by atoms with E-state index in [9.17, 15) is 0 Å². The fraction of sp³-hybridized carbons (Fsp3) is 0.583. The van der Waals surface area contributed by atoms with Crippen molar-refractivity contribution < 1.29 is 0 Å². The molecule has 1 aliphatic rings. The molecule has 15 heavy (non-hydrogen) atoms. The average molecular weight is 222 g/mol. The Kier molecular flexibility index (Phi) is 3.52. The van der Waals surface area contributed by atoms with E-state index < -0.39 is 0 Å². The summed E-state index contributed by atoms with van der Waals surface area (Å²) in [5, 5.41) is 0. The zero-order chi connectivity index (χ0) is 10.7. The summed E-state index contributed by atoms with van der Waals surface area (Å²) in [5.41, 5.74) is 0. The van der Waals surface area contributed by atoms with Crippen LogP contribution in [0.1, 0.15) is 19.8 Å². The van der Waals surface area contributed by atoms with E-state index in [1.807, 2.05) is 12.3 Å². The van der Waals surface area contributed by atoms with E-state index in [1.54, 1.807) is 0 Å². The van der Waals surface area contributed by atoms with E-state index in [0.29, 0.717) is 12.0 Å². The Morgan fingerprint density at radius 2 is 2.47 bits per heavy atom. The minimum atomic E-state index is 0.623. The molecule has 0 spiro atoms. The first-order valence-corrected chi connectivity index (χ1v) is 6.24. The molecular weight excluding hydrogens is 204 g/mol. The van der Waals surface area contributed by atoms with Gasteiger partial charge in [-0.05, 0) is 36.6 Å². The molecule has 0 saturated carbocycles. The Morgan fingerprint density at radius 1 is 1.60 bits per heavy atom. The number of aromatic nitrogens is 1. The monoisotopic (exact) mass is 222 g/mol. The van der Waals surface area contributed by atoms with Gasteiger partial charge in [-0.1, -0.05) is 13.0 Å². The molecule has 1 saturated heterocycles. The van der Waals surface area contributed by atoms with Crippen molar-refractivity contribution in [3.05, 3.63) is 24.4 Å². The molecule has 0 aromatic carbocycles. The zero-order valence-electron chi connectivity index (χ0n) is 9.13. The van der Waals surface area contributed by atoms with Crippen LogP contribution in [0.4, 0.5) is 5.82 Å². The highest BCUT2D eigenvalue weighted by molar-refractivity contribution is 7.80. The number of pyridine rings is 1. The van der Waals surface area contributed by atoms with Crippen molar-refractivity contribution in [3.8, 4) is 0 Å². The van der Waals surface area contributed by atoms with Crippen molar-refractivity contribution in [2.75, 3.05) is 17.2 Å². The number of rotatable bonds is 3. The molecule has 2 atom stereocenters. The molecule has 0 radical (unpaired) electrons. The van der Waals surface area contributed by atoms with E-state index >= 15 is 0 Å². The number of anilines is 1. The molecule has 0 aliphatic carbocycles. The highest BCUT2D eigenvalue weighted by Crippen LogP contribution is 2.28. The first-order valence-electron chi connectivity index (χ1n) is 5.61. The molecular formula is C12H18N2S. The quantitative estimate of drug-likeness (QED) is 0.791. The number of hydrogen-bond acceptors (Lipinski definition) is 3. The molecule has 1 aromatic heterocycles. The zero-order valence-corrected chi connectivity index (χ0v) is 10.0. The van der Waals surface area contributed by atoms with Gasteiger partial charge in [0.25, 0.3) is 0 Å². The fourth-order valence-electron chi connectivity index (χ4n) is 2.31. The summed E-state index contributed by atoms with van der Waals surface area (Å²) < 4.78 is 0. The second-order valence-corrected chi connectivity index (χ2v) is 4.62. The normalized spacial score (nSPS) is 23.1. The van der Waals surface area contributed by atoms with Crippen molar-refractivity contribution in [2.24, 2.45) is 5.92 Å². The average Bonchev–Trinajstić information content (AvgIpc) is 2.78. The number of nitrogens with zero attached hydrogens (tertiary/aromatic N) is 2. The predicted molar refractivity (Wildman–Crippen MR) is 67.6 cm³/mol. The van der Waals surface area contributed by atoms with Crippen LogP contribution in [0.3, 0.4) is 0 Å². The highest BCUT2D eigenvalue weighted by Gasteiger charge is 2.29. The number of thiol groups is 1. The first-order chi connectivity index (χ1) is 7.33. The molecule has 1 aliphatic heterocycles. The Balaban J connectivity index is 2.15. The molecule has 0 bridgehead atoms. The molecule has 2 heterocycles. The van der Waals surface area contributed by atoms with Crippen molar-refractivity contribution in [1.29, 1.82) is 0 Å². The summed E-state index contributed by atoms with van der Waals surface area (Å²) in [6, 6.07) is 6.75. The maximum atomic E-state index is 4.43. The Morgan fingerprint density at radius 3 is 3.13 bits per heavy atom. The molecule has 0 amide bonds. The standard InChI is InChI=1S/C12H18N2S/c1-10(9-15)11-5-4-8-14(11)12-6-2-3-7-13-12/h2-3,6-7,10-11,15H,4-5,8-9H2,1H3. The van der Waals surface area contributed by atoms with Crippen molar-refractivity contribution in [1.82, 2.24) is 4.98 Å². The Hall–Kier alpha value is -0.700. The van der Waals surface area contributed by atoms with Crippen LogP contribution in [0.15, 0.2) is 24.4 Å². The number of hydrogen-bond donors (Lipinski definition) is 1. The maximum absolute atomic E-state index is 4.43. The molecule has 2 rings (SSSR count). The van der Waals surface area contributed by atoms with E-state index in [4.69, 9.17) is 0 Å². The van der Waals surface area contributed by atoms with Gasteiger partial charge in [-0.2, -0.15) is 12.6 Å². The maximum Gasteiger partial charge on any atom is 0.128 e. The Bertz CT molecular complexity index is 302. The van der Waals surface area contributed by atoms with Crippen LogP contribution in [-0.4, -0.2) is 23.3 Å². The van der Waals surface area contributed by atoms with Gasteiger partial charge >= 0.3 is 0 Å². The van der Waals surface area contributed by atoms with Crippen LogP contribution in [-0.2, 0) is 0 Å². The van der Waals surface area contributed by atoms with Gasteiger partial charge < -0.3 is 4.90 Å². The molecule has 2 unspecified atom stereocenters. The summed E-state index contributed by atoms with van der Waals surface area (Å²) in [6.45, 7) is 3.42. The van der Waals surface area contributed by atoms with Gasteiger partial charge in [-0.25, -0.2) is 4.98 Å². The van der Waals surface area contributed by atoms with Crippen LogP contribution < -0.4 is 4.90 Å². The van der Waals surface area contributed by atoms with Crippen molar-refractivity contribution in [2.45, 2.75) is 25.8 Å². The van der Waals surface area contributed by atoms with Crippen LogP contribution in [0, 0.1) is 5.92 Å². The van der Waals surface area contributed by atoms with Crippen LogP contribution in [0.25, 0.3) is 0 Å². The topological polar surface area (TPSA) is 16.1 Å². The second kappa shape index (κ2) is 4.88. The lowest BCUT2D eigenvalue weighted by Crippen LogP contribution is -2.35. The third kappa shape index (κ3) is 2.28. The summed E-state index contributed by atoms with van der Waals surface area (Å²) >= 11 is 4.40. The first kappa shape index (κ1) is 10.8. The SMILES string of the molecule is CC(CS)C1CCCN1c1ccccn1. The van der Waals surface area contributed by atoms with Gasteiger partial charge in [0.05, 0.1) is 0 Å². The van der Waals surface area contributed by atoms with Gasteiger partial charge in [0.15, 0.2) is 0 Å². The van der Waals surface area contributed by atoms with Crippen molar-refractivity contribution in [3.63, 3.8) is 0 Å². The van der Waals surface area contributed by atoms with Gasteiger partial charge in [0.1, 0.15) is 5.82 Å². The van der Waals surface area contributed by atoms with Gasteiger partial charge in [0, 0.05) is 18.8 Å². The van der Waals surface area contributed by atoms with Gasteiger partial charge in [-0.3, -0.25) is 0 Å². The Labute approximate surface area is 97.1 Å². The molecule has 0 N–H and O–H groups in total. The largest absolute Gasteiger partial charge is 0.353 e. The summed E-state index contributed by atoms with van der Waals surface area (Å²) in [4.78, 5) is 6.86. The lowest BCUT2D eigenvalue weighted by molar-refractivity contribution is 0.497. The molecule has 2 nitrogen and oxygen atoms in total. The van der Waals surface area contributed by atoms with Crippen LogP contribution in [0.5, 0.6) is 0 Å². The minimum Gasteiger partial charge on any atom is -0.353 e. The minimum absolute atomic E-state index is 0.623. The van der Waals surface area contributed by atoms with Crippen LogP contribution in [0.2, 0.25) is 0 Å². The third-order valence-electron chi connectivity index (χ3n) is 3.19. The summed E-state index contributed by atoms with van der Waals surface area (Å²) in [6.07, 6.45) is 4.42. The fourth-order valence-corrected chi connectivity index (χ4v) is 2.56. The molecule has 1 fully saturated rings. The van der Waals surface area contributed by atoms with Crippen LogP contribution >= 0.6 is 12.6 Å². The summed E-state index contributed by atoms with van der Waals surface area (Å²) in [5.74, 6) is 2.71. The summed E-state index contributed by atoms with van der Waals surface area (Å²) in [7, 11) is 0. The lowest BCUT2D eigenvalue weighted by Gasteiger charge is -2.29. The van der Waals surface area contributed by atoms with E-state index in [2.05, 4.69) is 41.6 Å². The van der Waals surface area contributed by atoms with Gasteiger partial charge in [-0.15, -0.1) is 0 Å². The molecule has 1 aromatic rings. The molecule has 82 valence electrons. The highest BCUT2D eigenvalue weighted by atomic mass is 32.1. The van der Waals surface area contributed by atoms with E-state index in [1.165, 1.54) is 12.8 Å². The smallest absolute Gasteiger partial charge is 0.128 e.